The first kappa shape index (κ1) is 14.6. The molecule has 0 amide bonds. The zero-order valence-electron chi connectivity index (χ0n) is 10.2. The monoisotopic (exact) mass is 300 g/mol. The molecule has 8 heteroatoms. The molecule has 1 aliphatic heterocycles. The van der Waals surface area contributed by atoms with Crippen LogP contribution in [-0.2, 0) is 19.0 Å². The summed E-state index contributed by atoms with van der Waals surface area (Å²) in [4.78, 5) is 0. The molecule has 2 rings (SSSR count). The Morgan fingerprint density at radius 3 is 2.42 bits per heavy atom. The Kier molecular flexibility index (Phi) is 3.83. The molecule has 1 spiro atoms. The van der Waals surface area contributed by atoms with Crippen molar-refractivity contribution >= 4 is 10.1 Å². The van der Waals surface area contributed by atoms with Gasteiger partial charge < -0.3 is 8.92 Å². The van der Waals surface area contributed by atoms with Gasteiger partial charge in [-0.3, -0.25) is 0 Å². The van der Waals surface area contributed by atoms with E-state index >= 15 is 0 Å². The molecule has 1 aliphatic carbocycles. The molecule has 1 saturated heterocycles. The lowest BCUT2D eigenvalue weighted by Crippen LogP contribution is -2.37. The molecule has 1 fully saturated rings. The van der Waals surface area contributed by atoms with Crippen LogP contribution in [0.3, 0.4) is 0 Å². The Balaban J connectivity index is 2.24. The van der Waals surface area contributed by atoms with Crippen molar-refractivity contribution < 1.29 is 30.5 Å². The lowest BCUT2D eigenvalue weighted by atomic mass is 9.72. The number of hydrogen-bond acceptors (Lipinski definition) is 4. The fraction of sp³-hybridized carbons (Fsp3) is 0.818. The molecule has 0 N–H and O–H groups in total. The third-order valence-electron chi connectivity index (χ3n) is 3.64. The van der Waals surface area contributed by atoms with Gasteiger partial charge in [0.1, 0.15) is 5.76 Å². The van der Waals surface area contributed by atoms with Crippen molar-refractivity contribution in [2.75, 3.05) is 13.2 Å². The van der Waals surface area contributed by atoms with E-state index in [2.05, 4.69) is 4.18 Å². The van der Waals surface area contributed by atoms with Gasteiger partial charge in [0, 0.05) is 18.6 Å². The van der Waals surface area contributed by atoms with Crippen molar-refractivity contribution in [1.82, 2.24) is 0 Å². The minimum Gasteiger partial charge on any atom is -0.381 e. The van der Waals surface area contributed by atoms with Crippen molar-refractivity contribution in [3.05, 3.63) is 11.8 Å². The number of ether oxygens (including phenoxy) is 1. The summed E-state index contributed by atoms with van der Waals surface area (Å²) in [5.74, 6) is -0.0561. The van der Waals surface area contributed by atoms with Crippen LogP contribution in [0, 0.1) is 5.41 Å². The van der Waals surface area contributed by atoms with Gasteiger partial charge in [0.2, 0.25) is 0 Å². The van der Waals surface area contributed by atoms with Crippen LogP contribution < -0.4 is 0 Å². The van der Waals surface area contributed by atoms with E-state index in [0.29, 0.717) is 38.9 Å². The number of hydrogen-bond donors (Lipinski definition) is 0. The molecule has 0 unspecified atom stereocenters. The Bertz CT molecular complexity index is 461. The third kappa shape index (κ3) is 2.89. The van der Waals surface area contributed by atoms with Crippen LogP contribution in [0.5, 0.6) is 0 Å². The van der Waals surface area contributed by atoms with E-state index in [-0.39, 0.29) is 5.76 Å². The summed E-state index contributed by atoms with van der Waals surface area (Å²) in [6, 6.07) is 0. The SMILES string of the molecule is O=S(=O)(OC1=CCCCC12CCOCC2)C(F)(F)F. The Hall–Kier alpha value is -0.760. The molecule has 2 aliphatic rings. The van der Waals surface area contributed by atoms with Crippen molar-refractivity contribution in [1.29, 1.82) is 0 Å². The largest absolute Gasteiger partial charge is 0.534 e. The lowest BCUT2D eigenvalue weighted by Gasteiger charge is -2.40. The summed E-state index contributed by atoms with van der Waals surface area (Å²) in [6.45, 7) is 0.819. The summed E-state index contributed by atoms with van der Waals surface area (Å²) in [5, 5.41) is 0. The molecule has 0 aromatic carbocycles. The minimum atomic E-state index is -5.58. The molecule has 19 heavy (non-hydrogen) atoms. The molecular weight excluding hydrogens is 285 g/mol. The van der Waals surface area contributed by atoms with Crippen LogP contribution in [0.2, 0.25) is 0 Å². The first-order valence-electron chi connectivity index (χ1n) is 6.06. The Morgan fingerprint density at radius 1 is 1.21 bits per heavy atom. The second-order valence-corrected chi connectivity index (χ2v) is 6.37. The standard InChI is InChI=1S/C11H15F3O4S/c12-11(13,14)19(15,16)18-9-3-1-2-4-10(9)5-7-17-8-6-10/h3H,1-2,4-8H2. The Labute approximate surface area is 109 Å². The predicted octanol–water partition coefficient (Wildman–Crippen LogP) is 2.72. The quantitative estimate of drug-likeness (QED) is 0.581. The average molecular weight is 300 g/mol. The van der Waals surface area contributed by atoms with Crippen LogP contribution in [0.25, 0.3) is 0 Å². The maximum Gasteiger partial charge on any atom is 0.534 e. The first-order valence-corrected chi connectivity index (χ1v) is 7.47. The second-order valence-electron chi connectivity index (χ2n) is 4.84. The zero-order valence-corrected chi connectivity index (χ0v) is 11.0. The highest BCUT2D eigenvalue weighted by Gasteiger charge is 2.51. The average Bonchev–Trinajstić information content (AvgIpc) is 2.32. The molecule has 0 saturated carbocycles. The van der Waals surface area contributed by atoms with Gasteiger partial charge in [-0.1, -0.05) is 0 Å². The summed E-state index contributed by atoms with van der Waals surface area (Å²) < 4.78 is 69.0. The molecule has 0 aromatic heterocycles. The van der Waals surface area contributed by atoms with Crippen LogP contribution in [0.1, 0.15) is 32.1 Å². The maximum atomic E-state index is 12.4. The van der Waals surface area contributed by atoms with Crippen molar-refractivity contribution in [2.24, 2.45) is 5.41 Å². The van der Waals surface area contributed by atoms with Gasteiger partial charge in [0.05, 0.1) is 0 Å². The second kappa shape index (κ2) is 4.97. The molecule has 0 atom stereocenters. The summed E-state index contributed by atoms with van der Waals surface area (Å²) >= 11 is 0. The van der Waals surface area contributed by atoms with E-state index in [1.165, 1.54) is 6.08 Å². The predicted molar refractivity (Wildman–Crippen MR) is 60.5 cm³/mol. The van der Waals surface area contributed by atoms with Crippen LogP contribution in [0.4, 0.5) is 13.2 Å². The van der Waals surface area contributed by atoms with E-state index < -0.39 is 21.0 Å². The fourth-order valence-corrected chi connectivity index (χ4v) is 3.14. The highest BCUT2D eigenvalue weighted by Crippen LogP contribution is 2.47. The molecule has 0 aromatic rings. The van der Waals surface area contributed by atoms with Gasteiger partial charge in [-0.05, 0) is 38.2 Å². The van der Waals surface area contributed by atoms with Gasteiger partial charge in [0.25, 0.3) is 0 Å². The van der Waals surface area contributed by atoms with Crippen molar-refractivity contribution in [3.8, 4) is 0 Å². The highest BCUT2D eigenvalue weighted by atomic mass is 32.2. The minimum absolute atomic E-state index is 0.0561. The van der Waals surface area contributed by atoms with E-state index in [1.807, 2.05) is 0 Å². The van der Waals surface area contributed by atoms with Crippen molar-refractivity contribution in [3.63, 3.8) is 0 Å². The molecule has 0 bridgehead atoms. The van der Waals surface area contributed by atoms with Gasteiger partial charge in [-0.15, -0.1) is 0 Å². The zero-order chi connectivity index (χ0) is 14.1. The van der Waals surface area contributed by atoms with Gasteiger partial charge in [0.15, 0.2) is 0 Å². The number of rotatable bonds is 2. The number of halogens is 3. The van der Waals surface area contributed by atoms with E-state index in [0.717, 1.165) is 6.42 Å². The van der Waals surface area contributed by atoms with E-state index in [4.69, 9.17) is 4.74 Å². The fourth-order valence-electron chi connectivity index (χ4n) is 2.56. The van der Waals surface area contributed by atoms with E-state index in [1.54, 1.807) is 0 Å². The number of allylic oxidation sites excluding steroid dienone is 2. The molecular formula is C11H15F3O4S. The summed E-state index contributed by atoms with van der Waals surface area (Å²) in [5.41, 5.74) is -6.01. The third-order valence-corrected chi connectivity index (χ3v) is 4.61. The topological polar surface area (TPSA) is 52.6 Å². The number of alkyl halides is 3. The summed E-state index contributed by atoms with van der Waals surface area (Å²) in [7, 11) is -5.58. The first-order chi connectivity index (χ1) is 8.77. The smallest absolute Gasteiger partial charge is 0.381 e. The maximum absolute atomic E-state index is 12.4. The van der Waals surface area contributed by atoms with Gasteiger partial charge in [-0.25, -0.2) is 0 Å². The molecule has 4 nitrogen and oxygen atoms in total. The molecule has 1 heterocycles. The highest BCUT2D eigenvalue weighted by molar-refractivity contribution is 7.87. The van der Waals surface area contributed by atoms with Crippen LogP contribution >= 0.6 is 0 Å². The lowest BCUT2D eigenvalue weighted by molar-refractivity contribution is -0.0557. The van der Waals surface area contributed by atoms with E-state index in [9.17, 15) is 21.6 Å². The normalized spacial score (nSPS) is 24.1. The molecule has 110 valence electrons. The van der Waals surface area contributed by atoms with Crippen LogP contribution in [-0.4, -0.2) is 27.1 Å². The van der Waals surface area contributed by atoms with Gasteiger partial charge in [-0.2, -0.15) is 21.6 Å². The van der Waals surface area contributed by atoms with Gasteiger partial charge >= 0.3 is 15.6 Å². The molecule has 0 radical (unpaired) electrons. The van der Waals surface area contributed by atoms with Crippen molar-refractivity contribution in [2.45, 2.75) is 37.6 Å². The van der Waals surface area contributed by atoms with Crippen LogP contribution in [0.15, 0.2) is 11.8 Å². The summed E-state index contributed by atoms with van der Waals surface area (Å²) in [6.07, 6.45) is 4.44. The Morgan fingerprint density at radius 2 is 1.84 bits per heavy atom.